The molecule has 1 aliphatic heterocycles. The summed E-state index contributed by atoms with van der Waals surface area (Å²) in [6.07, 6.45) is 9.24. The maximum atomic E-state index is 12.0. The first-order chi connectivity index (χ1) is 9.29. The summed E-state index contributed by atoms with van der Waals surface area (Å²) in [5.41, 5.74) is 0. The zero-order valence-corrected chi connectivity index (χ0v) is 11.7. The van der Waals surface area contributed by atoms with E-state index in [9.17, 15) is 4.79 Å². The lowest BCUT2D eigenvalue weighted by molar-refractivity contribution is -0.133. The molecule has 5 heteroatoms. The van der Waals surface area contributed by atoms with Gasteiger partial charge < -0.3 is 9.64 Å². The lowest BCUT2D eigenvalue weighted by atomic mass is 10.2. The first-order valence-corrected chi connectivity index (χ1v) is 7.22. The first kappa shape index (κ1) is 13.9. The Balaban J connectivity index is 1.78. The highest BCUT2D eigenvalue weighted by Gasteiger charge is 2.16. The van der Waals surface area contributed by atoms with Crippen molar-refractivity contribution in [3.8, 4) is 5.75 Å². The summed E-state index contributed by atoms with van der Waals surface area (Å²) in [7, 11) is 0. The molecule has 1 fully saturated rings. The Kier molecular flexibility index (Phi) is 5.24. The van der Waals surface area contributed by atoms with Gasteiger partial charge in [0.15, 0.2) is 12.4 Å². The van der Waals surface area contributed by atoms with Gasteiger partial charge in [-0.05, 0) is 19.3 Å². The van der Waals surface area contributed by atoms with Crippen molar-refractivity contribution in [2.24, 2.45) is 0 Å². The minimum atomic E-state index is 0.0881. The molecule has 1 saturated heterocycles. The van der Waals surface area contributed by atoms with Gasteiger partial charge in [-0.2, -0.15) is 5.10 Å². The maximum Gasteiger partial charge on any atom is 0.260 e. The highest BCUT2D eigenvalue weighted by atomic mass is 16.5. The topological polar surface area (TPSA) is 47.4 Å². The van der Waals surface area contributed by atoms with Crippen LogP contribution in [0.15, 0.2) is 12.4 Å². The number of rotatable bonds is 5. The second-order valence-electron chi connectivity index (χ2n) is 5.02. The minimum absolute atomic E-state index is 0.0881. The van der Waals surface area contributed by atoms with Crippen LogP contribution < -0.4 is 4.74 Å². The maximum absolute atomic E-state index is 12.0. The lowest BCUT2D eigenvalue weighted by Gasteiger charge is -2.19. The highest BCUT2D eigenvalue weighted by Crippen LogP contribution is 2.12. The van der Waals surface area contributed by atoms with E-state index in [1.165, 1.54) is 12.8 Å². The number of aromatic nitrogens is 2. The van der Waals surface area contributed by atoms with Crippen LogP contribution in [0.5, 0.6) is 5.75 Å². The van der Waals surface area contributed by atoms with Crippen LogP contribution in [0.2, 0.25) is 0 Å². The molecule has 106 valence electrons. The molecule has 0 aromatic carbocycles. The van der Waals surface area contributed by atoms with Crippen LogP contribution in [0.1, 0.15) is 39.0 Å². The summed E-state index contributed by atoms with van der Waals surface area (Å²) >= 11 is 0. The number of hydrogen-bond acceptors (Lipinski definition) is 3. The Labute approximate surface area is 114 Å². The largest absolute Gasteiger partial charge is 0.480 e. The molecule has 0 aliphatic carbocycles. The minimum Gasteiger partial charge on any atom is -0.480 e. The van der Waals surface area contributed by atoms with Crippen LogP contribution in [-0.2, 0) is 11.3 Å². The molecule has 2 heterocycles. The summed E-state index contributed by atoms with van der Waals surface area (Å²) in [5, 5.41) is 4.18. The predicted molar refractivity (Wildman–Crippen MR) is 73.1 cm³/mol. The van der Waals surface area contributed by atoms with Crippen LogP contribution in [-0.4, -0.2) is 40.3 Å². The van der Waals surface area contributed by atoms with Gasteiger partial charge in [0.1, 0.15) is 0 Å². The van der Waals surface area contributed by atoms with Gasteiger partial charge in [-0.1, -0.05) is 19.8 Å². The third kappa shape index (κ3) is 4.26. The Morgan fingerprint density at radius 1 is 1.32 bits per heavy atom. The van der Waals surface area contributed by atoms with E-state index in [0.29, 0.717) is 5.75 Å². The number of carbonyl (C=O) groups is 1. The number of amides is 1. The van der Waals surface area contributed by atoms with E-state index in [2.05, 4.69) is 12.0 Å². The molecular weight excluding hydrogens is 242 g/mol. The van der Waals surface area contributed by atoms with Crippen molar-refractivity contribution in [1.29, 1.82) is 0 Å². The van der Waals surface area contributed by atoms with Crippen molar-refractivity contribution in [3.63, 3.8) is 0 Å². The average molecular weight is 265 g/mol. The SMILES string of the molecule is CCCn1cc(OCC(=O)N2CCCCCC2)cn1. The molecule has 0 radical (unpaired) electrons. The predicted octanol–water partition coefficient (Wildman–Crippen LogP) is 2.07. The molecule has 19 heavy (non-hydrogen) atoms. The Bertz CT molecular complexity index is 395. The van der Waals surface area contributed by atoms with Crippen molar-refractivity contribution in [3.05, 3.63) is 12.4 Å². The van der Waals surface area contributed by atoms with Crippen LogP contribution >= 0.6 is 0 Å². The summed E-state index contributed by atoms with van der Waals surface area (Å²) < 4.78 is 7.35. The smallest absolute Gasteiger partial charge is 0.260 e. The zero-order valence-electron chi connectivity index (χ0n) is 11.7. The van der Waals surface area contributed by atoms with Crippen molar-refractivity contribution in [2.45, 2.75) is 45.6 Å². The van der Waals surface area contributed by atoms with Gasteiger partial charge in [-0.15, -0.1) is 0 Å². The van der Waals surface area contributed by atoms with Crippen molar-refractivity contribution >= 4 is 5.91 Å². The van der Waals surface area contributed by atoms with E-state index in [1.54, 1.807) is 6.20 Å². The van der Waals surface area contributed by atoms with Gasteiger partial charge in [-0.3, -0.25) is 9.48 Å². The molecule has 1 aliphatic rings. The standard InChI is InChI=1S/C14H23N3O2/c1-2-7-17-11-13(10-15-17)19-12-14(18)16-8-5-3-4-6-9-16/h10-11H,2-9,12H2,1H3. The molecule has 2 rings (SSSR count). The Morgan fingerprint density at radius 3 is 2.74 bits per heavy atom. The van der Waals surface area contributed by atoms with Gasteiger partial charge in [0.2, 0.25) is 0 Å². The molecule has 0 spiro atoms. The van der Waals surface area contributed by atoms with Gasteiger partial charge in [0, 0.05) is 19.6 Å². The number of likely N-dealkylation sites (tertiary alicyclic amines) is 1. The first-order valence-electron chi connectivity index (χ1n) is 7.22. The fourth-order valence-electron chi connectivity index (χ4n) is 2.33. The molecule has 0 atom stereocenters. The van der Waals surface area contributed by atoms with Gasteiger partial charge in [0.05, 0.1) is 12.4 Å². The van der Waals surface area contributed by atoms with E-state index in [0.717, 1.165) is 38.9 Å². The van der Waals surface area contributed by atoms with Crippen molar-refractivity contribution in [2.75, 3.05) is 19.7 Å². The van der Waals surface area contributed by atoms with Crippen molar-refractivity contribution < 1.29 is 9.53 Å². The summed E-state index contributed by atoms with van der Waals surface area (Å²) in [6.45, 7) is 4.85. The van der Waals surface area contributed by atoms with Crippen LogP contribution in [0.3, 0.4) is 0 Å². The number of ether oxygens (including phenoxy) is 1. The summed E-state index contributed by atoms with van der Waals surface area (Å²) in [4.78, 5) is 14.0. The molecule has 1 aromatic heterocycles. The van der Waals surface area contributed by atoms with Crippen LogP contribution in [0.4, 0.5) is 0 Å². The molecule has 0 saturated carbocycles. The highest BCUT2D eigenvalue weighted by molar-refractivity contribution is 5.77. The molecule has 1 amide bonds. The molecule has 0 N–H and O–H groups in total. The third-order valence-corrected chi connectivity index (χ3v) is 3.38. The summed E-state index contributed by atoms with van der Waals surface area (Å²) in [6, 6.07) is 0. The molecule has 5 nitrogen and oxygen atoms in total. The second kappa shape index (κ2) is 7.16. The van der Waals surface area contributed by atoms with Gasteiger partial charge in [0.25, 0.3) is 5.91 Å². The Morgan fingerprint density at radius 2 is 2.05 bits per heavy atom. The summed E-state index contributed by atoms with van der Waals surface area (Å²) in [5.74, 6) is 0.766. The normalized spacial score (nSPS) is 16.2. The van der Waals surface area contributed by atoms with E-state index >= 15 is 0 Å². The van der Waals surface area contributed by atoms with E-state index in [-0.39, 0.29) is 12.5 Å². The third-order valence-electron chi connectivity index (χ3n) is 3.38. The van der Waals surface area contributed by atoms with E-state index in [4.69, 9.17) is 4.74 Å². The Hall–Kier alpha value is -1.52. The van der Waals surface area contributed by atoms with Crippen LogP contribution in [0, 0.1) is 0 Å². The molecule has 0 bridgehead atoms. The van der Waals surface area contributed by atoms with Gasteiger partial charge >= 0.3 is 0 Å². The molecular formula is C14H23N3O2. The zero-order chi connectivity index (χ0) is 13.5. The fraction of sp³-hybridized carbons (Fsp3) is 0.714. The lowest BCUT2D eigenvalue weighted by Crippen LogP contribution is -2.35. The van der Waals surface area contributed by atoms with E-state index in [1.807, 2.05) is 15.8 Å². The van der Waals surface area contributed by atoms with Gasteiger partial charge in [-0.25, -0.2) is 0 Å². The fourth-order valence-corrected chi connectivity index (χ4v) is 2.33. The van der Waals surface area contributed by atoms with E-state index < -0.39 is 0 Å². The quantitative estimate of drug-likeness (QED) is 0.819. The van der Waals surface area contributed by atoms with Crippen molar-refractivity contribution in [1.82, 2.24) is 14.7 Å². The van der Waals surface area contributed by atoms with Crippen LogP contribution in [0.25, 0.3) is 0 Å². The molecule has 0 unspecified atom stereocenters. The monoisotopic (exact) mass is 265 g/mol. The number of carbonyl (C=O) groups excluding carboxylic acids is 1. The second-order valence-corrected chi connectivity index (χ2v) is 5.02. The number of aryl methyl sites for hydroxylation is 1. The number of hydrogen-bond donors (Lipinski definition) is 0. The number of nitrogens with zero attached hydrogens (tertiary/aromatic N) is 3. The average Bonchev–Trinajstić information content (AvgIpc) is 2.69. The molecule has 1 aromatic rings.